The molecular weight excluding hydrogens is 328 g/mol. The van der Waals surface area contributed by atoms with Crippen LogP contribution in [-0.2, 0) is 0 Å². The highest BCUT2D eigenvalue weighted by Crippen LogP contribution is 2.46. The second kappa shape index (κ2) is 6.62. The largest absolute Gasteiger partial charge is 0.493 e. The predicted octanol–water partition coefficient (Wildman–Crippen LogP) is 3.69. The van der Waals surface area contributed by atoms with E-state index in [1.807, 2.05) is 12.1 Å². The van der Waals surface area contributed by atoms with Crippen molar-refractivity contribution in [2.45, 2.75) is 45.1 Å². The molecule has 26 heavy (non-hydrogen) atoms. The number of aliphatic hydroxyl groups is 1. The first-order valence-corrected chi connectivity index (χ1v) is 9.53. The van der Waals surface area contributed by atoms with Crippen molar-refractivity contribution in [2.24, 2.45) is 5.41 Å². The second-order valence-electron chi connectivity index (χ2n) is 7.82. The summed E-state index contributed by atoms with van der Waals surface area (Å²) in [5, 5.41) is 11.6. The van der Waals surface area contributed by atoms with Crippen molar-refractivity contribution in [1.82, 2.24) is 4.98 Å². The predicted molar refractivity (Wildman–Crippen MR) is 103 cm³/mol. The molecule has 5 nitrogen and oxygen atoms in total. The van der Waals surface area contributed by atoms with Crippen LogP contribution in [0.5, 0.6) is 11.5 Å². The van der Waals surface area contributed by atoms with Crippen LogP contribution in [0.1, 0.15) is 37.7 Å². The molecule has 1 spiro atoms. The number of anilines is 1. The summed E-state index contributed by atoms with van der Waals surface area (Å²) in [5.41, 5.74) is 2.15. The Bertz CT molecular complexity index is 822. The molecule has 1 aromatic heterocycles. The van der Waals surface area contributed by atoms with E-state index in [9.17, 15) is 5.11 Å². The Hall–Kier alpha value is -2.01. The molecule has 1 N–H and O–H groups in total. The Morgan fingerprint density at radius 3 is 2.54 bits per heavy atom. The number of rotatable bonds is 3. The fourth-order valence-electron chi connectivity index (χ4n) is 4.82. The molecule has 1 saturated heterocycles. The number of nitrogens with zero attached hydrogens (tertiary/aromatic N) is 2. The van der Waals surface area contributed by atoms with Crippen LogP contribution in [0.2, 0.25) is 0 Å². The molecule has 5 heteroatoms. The van der Waals surface area contributed by atoms with Gasteiger partial charge in [-0.2, -0.15) is 0 Å². The van der Waals surface area contributed by atoms with Gasteiger partial charge in [0, 0.05) is 30.0 Å². The number of aromatic nitrogens is 1. The number of piperidine rings is 1. The third kappa shape index (κ3) is 2.78. The van der Waals surface area contributed by atoms with Crippen LogP contribution in [-0.4, -0.2) is 43.5 Å². The fraction of sp³-hybridized carbons (Fsp3) is 0.571. The highest BCUT2D eigenvalue weighted by atomic mass is 16.5. The summed E-state index contributed by atoms with van der Waals surface area (Å²) in [5.74, 6) is 2.43. The summed E-state index contributed by atoms with van der Waals surface area (Å²) in [4.78, 5) is 7.29. The monoisotopic (exact) mass is 356 g/mol. The minimum atomic E-state index is -0.170. The molecule has 4 rings (SSSR count). The van der Waals surface area contributed by atoms with Gasteiger partial charge in [-0.25, -0.2) is 4.98 Å². The smallest absolute Gasteiger partial charge is 0.162 e. The first-order valence-electron chi connectivity index (χ1n) is 9.53. The van der Waals surface area contributed by atoms with Gasteiger partial charge in [0.05, 0.1) is 25.8 Å². The number of aliphatic hydroxyl groups excluding tert-OH is 1. The molecule has 1 aromatic carbocycles. The standard InChI is InChI=1S/C21H28N2O3/c1-14-10-20(22-16-12-18(26-3)17(25-2)11-15(14)16)23-9-5-8-21(13-23)7-4-6-19(21)24/h10-12,19,24H,4-9,13H2,1-3H3/t19-,21-/m1/s1. The summed E-state index contributed by atoms with van der Waals surface area (Å²) in [6.45, 7) is 4.02. The molecule has 0 amide bonds. The van der Waals surface area contributed by atoms with E-state index < -0.39 is 0 Å². The zero-order valence-electron chi connectivity index (χ0n) is 15.9. The van der Waals surface area contributed by atoms with E-state index in [1.165, 1.54) is 5.56 Å². The summed E-state index contributed by atoms with van der Waals surface area (Å²) in [6.07, 6.45) is 5.27. The van der Waals surface area contributed by atoms with Gasteiger partial charge in [0.25, 0.3) is 0 Å². The second-order valence-corrected chi connectivity index (χ2v) is 7.82. The number of fused-ring (bicyclic) bond motifs is 1. The highest BCUT2D eigenvalue weighted by molar-refractivity contribution is 5.87. The van der Waals surface area contributed by atoms with Gasteiger partial charge in [-0.3, -0.25) is 0 Å². The summed E-state index contributed by atoms with van der Waals surface area (Å²) in [7, 11) is 3.30. The molecule has 0 unspecified atom stereocenters. The molecule has 2 atom stereocenters. The Balaban J connectivity index is 1.72. The van der Waals surface area contributed by atoms with Crippen LogP contribution in [0, 0.1) is 12.3 Å². The minimum Gasteiger partial charge on any atom is -0.493 e. The van der Waals surface area contributed by atoms with Crippen molar-refractivity contribution >= 4 is 16.7 Å². The molecule has 2 heterocycles. The number of benzene rings is 1. The van der Waals surface area contributed by atoms with Crippen molar-refractivity contribution in [1.29, 1.82) is 0 Å². The van der Waals surface area contributed by atoms with Crippen molar-refractivity contribution in [3.8, 4) is 11.5 Å². The maximum Gasteiger partial charge on any atom is 0.162 e. The molecule has 0 bridgehead atoms. The van der Waals surface area contributed by atoms with Gasteiger partial charge in [0.2, 0.25) is 0 Å². The normalized spacial score (nSPS) is 25.8. The van der Waals surface area contributed by atoms with Gasteiger partial charge >= 0.3 is 0 Å². The van der Waals surface area contributed by atoms with Gasteiger partial charge in [-0.05, 0) is 50.3 Å². The van der Waals surface area contributed by atoms with Crippen LogP contribution in [0.4, 0.5) is 5.82 Å². The zero-order valence-corrected chi connectivity index (χ0v) is 15.9. The minimum absolute atomic E-state index is 0.0559. The van der Waals surface area contributed by atoms with Gasteiger partial charge in [0.15, 0.2) is 11.5 Å². The number of methoxy groups -OCH3 is 2. The SMILES string of the molecule is COc1cc2nc(N3CCC[C@]4(CCC[C@H]4O)C3)cc(C)c2cc1OC. The molecule has 2 aromatic rings. The van der Waals surface area contributed by atoms with Crippen molar-refractivity contribution < 1.29 is 14.6 Å². The third-order valence-corrected chi connectivity index (χ3v) is 6.30. The van der Waals surface area contributed by atoms with Crippen LogP contribution in [0.3, 0.4) is 0 Å². The molecule has 2 fully saturated rings. The molecule has 2 aliphatic rings. The molecule has 1 aliphatic heterocycles. The third-order valence-electron chi connectivity index (χ3n) is 6.30. The van der Waals surface area contributed by atoms with Crippen LogP contribution in [0.25, 0.3) is 10.9 Å². The molecule has 140 valence electrons. The van der Waals surface area contributed by atoms with Crippen LogP contribution in [0.15, 0.2) is 18.2 Å². The molecular formula is C21H28N2O3. The Labute approximate surface area is 154 Å². The molecule has 0 radical (unpaired) electrons. The highest BCUT2D eigenvalue weighted by Gasteiger charge is 2.45. The van der Waals surface area contributed by atoms with Gasteiger partial charge in [-0.1, -0.05) is 6.42 Å². The summed E-state index contributed by atoms with van der Waals surface area (Å²) < 4.78 is 10.9. The first kappa shape index (κ1) is 17.4. The average molecular weight is 356 g/mol. The van der Waals surface area contributed by atoms with Crippen LogP contribution < -0.4 is 14.4 Å². The van der Waals surface area contributed by atoms with E-state index in [4.69, 9.17) is 14.5 Å². The molecule has 1 aliphatic carbocycles. The number of ether oxygens (including phenoxy) is 2. The van der Waals surface area contributed by atoms with Gasteiger partial charge in [-0.15, -0.1) is 0 Å². The lowest BCUT2D eigenvalue weighted by Crippen LogP contribution is -2.47. The number of hydrogen-bond acceptors (Lipinski definition) is 5. The van der Waals surface area contributed by atoms with E-state index in [-0.39, 0.29) is 11.5 Å². The van der Waals surface area contributed by atoms with Crippen molar-refractivity contribution in [3.63, 3.8) is 0 Å². The lowest BCUT2D eigenvalue weighted by atomic mass is 9.76. The lowest BCUT2D eigenvalue weighted by molar-refractivity contribution is 0.0408. The van der Waals surface area contributed by atoms with E-state index >= 15 is 0 Å². The van der Waals surface area contributed by atoms with E-state index in [0.717, 1.165) is 67.7 Å². The topological polar surface area (TPSA) is 54.8 Å². The maximum atomic E-state index is 10.5. The van der Waals surface area contributed by atoms with Crippen molar-refractivity contribution in [3.05, 3.63) is 23.8 Å². The lowest BCUT2D eigenvalue weighted by Gasteiger charge is -2.43. The number of aryl methyl sites for hydroxylation is 1. The Kier molecular flexibility index (Phi) is 4.43. The quantitative estimate of drug-likeness (QED) is 0.909. The number of hydrogen-bond donors (Lipinski definition) is 1. The average Bonchev–Trinajstić information content (AvgIpc) is 3.00. The van der Waals surface area contributed by atoms with Gasteiger partial charge < -0.3 is 19.5 Å². The summed E-state index contributed by atoms with van der Waals surface area (Å²) >= 11 is 0. The Morgan fingerprint density at radius 2 is 1.85 bits per heavy atom. The zero-order chi connectivity index (χ0) is 18.3. The fourth-order valence-corrected chi connectivity index (χ4v) is 4.82. The van der Waals surface area contributed by atoms with E-state index in [2.05, 4.69) is 17.9 Å². The Morgan fingerprint density at radius 1 is 1.12 bits per heavy atom. The van der Waals surface area contributed by atoms with Crippen LogP contribution >= 0.6 is 0 Å². The van der Waals surface area contributed by atoms with Crippen molar-refractivity contribution in [2.75, 3.05) is 32.2 Å². The maximum absolute atomic E-state index is 10.5. The van der Waals surface area contributed by atoms with E-state index in [1.54, 1.807) is 14.2 Å². The molecule has 1 saturated carbocycles. The summed E-state index contributed by atoms with van der Waals surface area (Å²) in [6, 6.07) is 6.11. The first-order chi connectivity index (χ1) is 12.6. The van der Waals surface area contributed by atoms with E-state index in [0.29, 0.717) is 5.75 Å². The number of pyridine rings is 1. The van der Waals surface area contributed by atoms with Gasteiger partial charge in [0.1, 0.15) is 5.82 Å².